The molecule has 0 aliphatic rings. The van der Waals surface area contributed by atoms with Crippen molar-refractivity contribution >= 4 is 5.97 Å². The first-order valence-corrected chi connectivity index (χ1v) is 6.05. The van der Waals surface area contributed by atoms with Crippen LogP contribution in [-0.2, 0) is 9.53 Å². The van der Waals surface area contributed by atoms with E-state index >= 15 is 0 Å². The summed E-state index contributed by atoms with van der Waals surface area (Å²) >= 11 is 0. The van der Waals surface area contributed by atoms with Crippen LogP contribution in [0.15, 0.2) is 12.4 Å². The molecule has 0 aromatic carbocycles. The molecule has 19 heavy (non-hydrogen) atoms. The van der Waals surface area contributed by atoms with Gasteiger partial charge in [0.05, 0.1) is 25.7 Å². The Kier molecular flexibility index (Phi) is 6.17. The van der Waals surface area contributed by atoms with Crippen LogP contribution in [0.4, 0.5) is 0 Å². The Morgan fingerprint density at radius 1 is 1.26 bits per heavy atom. The highest BCUT2D eigenvalue weighted by atomic mass is 16.5. The van der Waals surface area contributed by atoms with E-state index in [1.807, 2.05) is 0 Å². The number of carbonyl (C=O) groups is 1. The smallest absolute Gasteiger partial charge is 0.316 e. The van der Waals surface area contributed by atoms with Crippen molar-refractivity contribution in [2.75, 3.05) is 13.2 Å². The molecule has 0 saturated heterocycles. The van der Waals surface area contributed by atoms with Crippen LogP contribution < -0.4 is 4.74 Å². The summed E-state index contributed by atoms with van der Waals surface area (Å²) in [5.41, 5.74) is 0.306. The lowest BCUT2D eigenvalue weighted by atomic mass is 10.1. The van der Waals surface area contributed by atoms with E-state index in [9.17, 15) is 15.0 Å². The summed E-state index contributed by atoms with van der Waals surface area (Å²) < 4.78 is 9.75. The van der Waals surface area contributed by atoms with Crippen molar-refractivity contribution in [2.24, 2.45) is 0 Å². The number of aliphatic hydroxyl groups is 2. The molecule has 0 radical (unpaired) electrons. The van der Waals surface area contributed by atoms with Crippen LogP contribution in [0.25, 0.3) is 0 Å². The van der Waals surface area contributed by atoms with Gasteiger partial charge in [0.2, 0.25) is 0 Å². The van der Waals surface area contributed by atoms with E-state index < -0.39 is 18.2 Å². The molecule has 0 fully saturated rings. The zero-order chi connectivity index (χ0) is 14.3. The zero-order valence-corrected chi connectivity index (χ0v) is 10.9. The van der Waals surface area contributed by atoms with E-state index in [1.165, 1.54) is 12.4 Å². The average Bonchev–Trinajstić information content (AvgIpc) is 2.39. The minimum absolute atomic E-state index is 0.193. The van der Waals surface area contributed by atoms with Crippen molar-refractivity contribution < 1.29 is 24.5 Å². The van der Waals surface area contributed by atoms with Crippen LogP contribution in [-0.4, -0.2) is 45.5 Å². The number of esters is 1. The van der Waals surface area contributed by atoms with Gasteiger partial charge in [0.1, 0.15) is 6.10 Å². The molecular weight excluding hydrogens is 252 g/mol. The van der Waals surface area contributed by atoms with Gasteiger partial charge >= 0.3 is 12.0 Å². The monoisotopic (exact) mass is 270 g/mol. The predicted molar refractivity (Wildman–Crippen MR) is 65.4 cm³/mol. The lowest BCUT2D eigenvalue weighted by Gasteiger charge is -2.16. The summed E-state index contributed by atoms with van der Waals surface area (Å²) in [6, 6.07) is 0.193. The minimum Gasteiger partial charge on any atom is -0.466 e. The second-order valence-electron chi connectivity index (χ2n) is 3.75. The zero-order valence-electron chi connectivity index (χ0n) is 10.9. The maximum atomic E-state index is 11.2. The van der Waals surface area contributed by atoms with Crippen LogP contribution in [0.3, 0.4) is 0 Å². The van der Waals surface area contributed by atoms with Crippen LogP contribution >= 0.6 is 0 Å². The topological polar surface area (TPSA) is 102 Å². The van der Waals surface area contributed by atoms with Gasteiger partial charge in [0.25, 0.3) is 0 Å². The van der Waals surface area contributed by atoms with E-state index in [0.717, 1.165) is 0 Å². The summed E-state index contributed by atoms with van der Waals surface area (Å²) in [4.78, 5) is 18.9. The molecule has 0 spiro atoms. The quantitative estimate of drug-likeness (QED) is 0.683. The molecule has 2 N–H and O–H groups in total. The Labute approximate surface area is 111 Å². The number of aromatic nitrogens is 2. The highest BCUT2D eigenvalue weighted by Crippen LogP contribution is 2.18. The fourth-order valence-corrected chi connectivity index (χ4v) is 1.41. The first-order chi connectivity index (χ1) is 9.08. The van der Waals surface area contributed by atoms with Gasteiger partial charge in [0.15, 0.2) is 0 Å². The number of aliphatic hydroxyl groups excluding tert-OH is 2. The minimum atomic E-state index is -1.26. The Balaban J connectivity index is 2.60. The predicted octanol–water partition coefficient (Wildman–Crippen LogP) is 0.223. The molecule has 2 unspecified atom stereocenters. The van der Waals surface area contributed by atoms with Crippen LogP contribution in [0, 0.1) is 0 Å². The molecule has 2 atom stereocenters. The molecule has 0 amide bonds. The highest BCUT2D eigenvalue weighted by molar-refractivity contribution is 5.70. The Bertz CT molecular complexity index is 396. The number of nitrogens with zero attached hydrogens (tertiary/aromatic N) is 2. The third kappa shape index (κ3) is 4.80. The summed E-state index contributed by atoms with van der Waals surface area (Å²) in [6.07, 6.45) is -0.114. The Hall–Kier alpha value is -1.73. The summed E-state index contributed by atoms with van der Waals surface area (Å²) in [7, 11) is 0. The van der Waals surface area contributed by atoms with Crippen molar-refractivity contribution in [3.63, 3.8) is 0 Å². The maximum Gasteiger partial charge on any atom is 0.316 e. The van der Waals surface area contributed by atoms with E-state index in [-0.39, 0.29) is 19.0 Å². The standard InChI is InChI=1S/C12H18N2O5/c1-3-18-10(16)5-9(15)11(17)8-6-13-12(14-7-8)19-4-2/h6-7,9,11,15,17H,3-5H2,1-2H3. The summed E-state index contributed by atoms with van der Waals surface area (Å²) in [6.45, 7) is 4.14. The second kappa shape index (κ2) is 7.65. The molecule has 0 aliphatic carbocycles. The fourth-order valence-electron chi connectivity index (χ4n) is 1.41. The van der Waals surface area contributed by atoms with Crippen LogP contribution in [0.1, 0.15) is 31.9 Å². The Morgan fingerprint density at radius 3 is 2.42 bits per heavy atom. The van der Waals surface area contributed by atoms with Gasteiger partial charge in [-0.3, -0.25) is 4.79 Å². The van der Waals surface area contributed by atoms with Crippen LogP contribution in [0.2, 0.25) is 0 Å². The Morgan fingerprint density at radius 2 is 1.89 bits per heavy atom. The number of hydrogen-bond acceptors (Lipinski definition) is 7. The van der Waals surface area contributed by atoms with Gasteiger partial charge < -0.3 is 19.7 Å². The van der Waals surface area contributed by atoms with E-state index in [2.05, 4.69) is 14.7 Å². The van der Waals surface area contributed by atoms with E-state index in [4.69, 9.17) is 4.74 Å². The van der Waals surface area contributed by atoms with E-state index in [1.54, 1.807) is 13.8 Å². The molecule has 0 saturated carbocycles. The molecule has 0 aliphatic heterocycles. The van der Waals surface area contributed by atoms with E-state index in [0.29, 0.717) is 12.2 Å². The number of carbonyl (C=O) groups excluding carboxylic acids is 1. The molecule has 7 heteroatoms. The lowest BCUT2D eigenvalue weighted by Crippen LogP contribution is -2.23. The fraction of sp³-hybridized carbons (Fsp3) is 0.583. The maximum absolute atomic E-state index is 11.2. The third-order valence-electron chi connectivity index (χ3n) is 2.31. The van der Waals surface area contributed by atoms with Gasteiger partial charge in [-0.15, -0.1) is 0 Å². The van der Waals surface area contributed by atoms with Gasteiger partial charge in [-0.05, 0) is 13.8 Å². The van der Waals surface area contributed by atoms with Crippen molar-refractivity contribution in [1.29, 1.82) is 0 Å². The lowest BCUT2D eigenvalue weighted by molar-refractivity contribution is -0.147. The number of rotatable bonds is 7. The molecule has 1 heterocycles. The summed E-state index contributed by atoms with van der Waals surface area (Å²) in [5, 5.41) is 19.6. The first kappa shape index (κ1) is 15.3. The first-order valence-electron chi connectivity index (χ1n) is 6.05. The summed E-state index contributed by atoms with van der Waals surface area (Å²) in [5.74, 6) is -0.569. The molecule has 1 aromatic rings. The highest BCUT2D eigenvalue weighted by Gasteiger charge is 2.22. The van der Waals surface area contributed by atoms with Crippen molar-refractivity contribution in [2.45, 2.75) is 32.5 Å². The van der Waals surface area contributed by atoms with Crippen molar-refractivity contribution in [1.82, 2.24) is 9.97 Å². The largest absolute Gasteiger partial charge is 0.466 e. The van der Waals surface area contributed by atoms with Gasteiger partial charge in [-0.25, -0.2) is 9.97 Å². The third-order valence-corrected chi connectivity index (χ3v) is 2.31. The molecule has 106 valence electrons. The SMILES string of the molecule is CCOC(=O)CC(O)C(O)c1cnc(OCC)nc1. The molecule has 1 aromatic heterocycles. The van der Waals surface area contributed by atoms with Crippen molar-refractivity contribution in [3.05, 3.63) is 18.0 Å². The average molecular weight is 270 g/mol. The molecular formula is C12H18N2O5. The number of ether oxygens (including phenoxy) is 2. The van der Waals surface area contributed by atoms with Crippen LogP contribution in [0.5, 0.6) is 6.01 Å². The normalized spacial score (nSPS) is 13.7. The van der Waals surface area contributed by atoms with Crippen molar-refractivity contribution in [3.8, 4) is 6.01 Å². The molecule has 7 nitrogen and oxygen atoms in total. The van der Waals surface area contributed by atoms with Gasteiger partial charge in [0, 0.05) is 18.0 Å². The molecule has 1 rings (SSSR count). The van der Waals surface area contributed by atoms with Gasteiger partial charge in [-0.1, -0.05) is 0 Å². The number of hydrogen-bond donors (Lipinski definition) is 2. The van der Waals surface area contributed by atoms with Gasteiger partial charge in [-0.2, -0.15) is 0 Å². The molecule has 0 bridgehead atoms. The second-order valence-corrected chi connectivity index (χ2v) is 3.75.